The van der Waals surface area contributed by atoms with Crippen LogP contribution in [0, 0.1) is 6.92 Å². The van der Waals surface area contributed by atoms with E-state index in [1.807, 2.05) is 0 Å². The lowest BCUT2D eigenvalue weighted by atomic mass is 9.84. The van der Waals surface area contributed by atoms with Gasteiger partial charge < -0.3 is 5.11 Å². The van der Waals surface area contributed by atoms with Crippen LogP contribution in [0.1, 0.15) is 74.2 Å². The maximum Gasteiger partial charge on any atom is 0.0628 e. The highest BCUT2D eigenvalue weighted by Gasteiger charge is 2.36. The number of unbranched alkanes of at least 4 members (excludes halogenated alkanes) is 1. The van der Waals surface area contributed by atoms with Gasteiger partial charge in [0.2, 0.25) is 0 Å². The average Bonchev–Trinajstić information content (AvgIpc) is 2.69. The fourth-order valence-corrected chi connectivity index (χ4v) is 4.63. The Morgan fingerprint density at radius 3 is 2.46 bits per heavy atom. The van der Waals surface area contributed by atoms with Gasteiger partial charge in [-0.3, -0.25) is 4.90 Å². The lowest BCUT2D eigenvalue weighted by Gasteiger charge is -2.47. The second-order valence-electron chi connectivity index (χ2n) is 7.66. The molecule has 140 valence electrons. The fraction of sp³-hybridized carbons (Fsp3) is 0.500. The normalized spacial score (nSPS) is 22.3. The number of rotatable bonds is 7. The molecular formula is C24H33NO. The Balaban J connectivity index is 1.99. The van der Waals surface area contributed by atoms with Crippen LogP contribution in [0.2, 0.25) is 0 Å². The molecule has 3 rings (SSSR count). The summed E-state index contributed by atoms with van der Waals surface area (Å²) in [6.45, 7) is 4.67. The highest BCUT2D eigenvalue weighted by molar-refractivity contribution is 5.30. The molecule has 0 saturated carbocycles. The van der Waals surface area contributed by atoms with Crippen molar-refractivity contribution in [1.82, 2.24) is 4.90 Å². The Bertz CT molecular complexity index is 669. The number of likely N-dealkylation sites (tertiary alicyclic amines) is 1. The molecule has 2 heteroatoms. The summed E-state index contributed by atoms with van der Waals surface area (Å²) in [5.74, 6) is 0. The van der Waals surface area contributed by atoms with Crippen LogP contribution in [0.4, 0.5) is 0 Å². The monoisotopic (exact) mass is 351 g/mol. The van der Waals surface area contributed by atoms with Crippen molar-refractivity contribution < 1.29 is 5.11 Å². The third-order valence-electron chi connectivity index (χ3n) is 5.95. The first-order chi connectivity index (χ1) is 12.8. The third-order valence-corrected chi connectivity index (χ3v) is 5.95. The Hall–Kier alpha value is -1.64. The van der Waals surface area contributed by atoms with E-state index in [1.165, 1.54) is 55.2 Å². The first-order valence-corrected chi connectivity index (χ1v) is 10.2. The third kappa shape index (κ3) is 4.19. The van der Waals surface area contributed by atoms with Gasteiger partial charge in [0, 0.05) is 12.1 Å². The number of aryl methyl sites for hydroxylation is 1. The van der Waals surface area contributed by atoms with E-state index in [1.54, 1.807) is 0 Å². The summed E-state index contributed by atoms with van der Waals surface area (Å²) in [6, 6.07) is 20.4. The molecular weight excluding hydrogens is 318 g/mol. The average molecular weight is 352 g/mol. The second-order valence-corrected chi connectivity index (χ2v) is 7.66. The SMILES string of the molecule is CCCCC1CCCC(c2ccccc2C)N1C(CO)c1ccccc1. The van der Waals surface area contributed by atoms with Crippen molar-refractivity contribution in [2.24, 2.45) is 0 Å². The molecule has 2 nitrogen and oxygen atoms in total. The first-order valence-electron chi connectivity index (χ1n) is 10.2. The summed E-state index contributed by atoms with van der Waals surface area (Å²) in [5, 5.41) is 10.4. The molecule has 3 atom stereocenters. The molecule has 3 unspecified atom stereocenters. The summed E-state index contributed by atoms with van der Waals surface area (Å²) in [7, 11) is 0. The van der Waals surface area contributed by atoms with Gasteiger partial charge in [-0.05, 0) is 49.3 Å². The molecule has 1 saturated heterocycles. The van der Waals surface area contributed by atoms with Gasteiger partial charge in [-0.2, -0.15) is 0 Å². The van der Waals surface area contributed by atoms with E-state index >= 15 is 0 Å². The number of hydrogen-bond acceptors (Lipinski definition) is 2. The minimum atomic E-state index is 0.0722. The van der Waals surface area contributed by atoms with Gasteiger partial charge in [0.15, 0.2) is 0 Å². The molecule has 1 aliphatic rings. The molecule has 2 aromatic carbocycles. The van der Waals surface area contributed by atoms with E-state index < -0.39 is 0 Å². The number of hydrogen-bond donors (Lipinski definition) is 1. The fourth-order valence-electron chi connectivity index (χ4n) is 4.63. The molecule has 26 heavy (non-hydrogen) atoms. The van der Waals surface area contributed by atoms with Crippen LogP contribution in [0.3, 0.4) is 0 Å². The van der Waals surface area contributed by atoms with Gasteiger partial charge in [0.05, 0.1) is 12.6 Å². The van der Waals surface area contributed by atoms with Crippen LogP contribution in [-0.4, -0.2) is 22.7 Å². The Kier molecular flexibility index (Phi) is 6.87. The van der Waals surface area contributed by atoms with Gasteiger partial charge in [0.25, 0.3) is 0 Å². The summed E-state index contributed by atoms with van der Waals surface area (Å²) < 4.78 is 0. The minimum Gasteiger partial charge on any atom is -0.394 e. The minimum absolute atomic E-state index is 0.0722. The number of benzene rings is 2. The zero-order valence-electron chi connectivity index (χ0n) is 16.3. The van der Waals surface area contributed by atoms with Gasteiger partial charge in [-0.15, -0.1) is 0 Å². The van der Waals surface area contributed by atoms with Gasteiger partial charge in [0.1, 0.15) is 0 Å². The topological polar surface area (TPSA) is 23.5 Å². The Morgan fingerprint density at radius 2 is 1.77 bits per heavy atom. The Morgan fingerprint density at radius 1 is 1.04 bits per heavy atom. The van der Waals surface area contributed by atoms with Crippen molar-refractivity contribution in [3.63, 3.8) is 0 Å². The largest absolute Gasteiger partial charge is 0.394 e. The molecule has 1 aliphatic heterocycles. The summed E-state index contributed by atoms with van der Waals surface area (Å²) in [4.78, 5) is 2.65. The van der Waals surface area contributed by atoms with Crippen molar-refractivity contribution >= 4 is 0 Å². The van der Waals surface area contributed by atoms with Crippen molar-refractivity contribution in [2.45, 2.75) is 70.5 Å². The lowest BCUT2D eigenvalue weighted by Crippen LogP contribution is -2.45. The van der Waals surface area contributed by atoms with Gasteiger partial charge >= 0.3 is 0 Å². The zero-order valence-corrected chi connectivity index (χ0v) is 16.3. The van der Waals surface area contributed by atoms with Crippen LogP contribution in [0.15, 0.2) is 54.6 Å². The second kappa shape index (κ2) is 9.34. The number of piperidine rings is 1. The van der Waals surface area contributed by atoms with Crippen LogP contribution >= 0.6 is 0 Å². The van der Waals surface area contributed by atoms with Gasteiger partial charge in [-0.1, -0.05) is 74.4 Å². The predicted molar refractivity (Wildman–Crippen MR) is 109 cm³/mol. The van der Waals surface area contributed by atoms with Crippen molar-refractivity contribution in [2.75, 3.05) is 6.61 Å². The van der Waals surface area contributed by atoms with E-state index in [2.05, 4.69) is 73.3 Å². The van der Waals surface area contributed by atoms with Crippen molar-refractivity contribution in [1.29, 1.82) is 0 Å². The highest BCUT2D eigenvalue weighted by Crippen LogP contribution is 2.42. The number of aliphatic hydroxyl groups excluding tert-OH is 1. The first kappa shape index (κ1) is 19.1. The van der Waals surface area contributed by atoms with Crippen LogP contribution in [0.5, 0.6) is 0 Å². The maximum atomic E-state index is 10.4. The van der Waals surface area contributed by atoms with E-state index in [0.29, 0.717) is 12.1 Å². The molecule has 0 amide bonds. The van der Waals surface area contributed by atoms with Crippen LogP contribution < -0.4 is 0 Å². The summed E-state index contributed by atoms with van der Waals surface area (Å²) in [6.07, 6.45) is 7.41. The molecule has 0 radical (unpaired) electrons. The van der Waals surface area contributed by atoms with Crippen molar-refractivity contribution in [3.8, 4) is 0 Å². The number of aliphatic hydroxyl groups is 1. The molecule has 0 bridgehead atoms. The zero-order chi connectivity index (χ0) is 18.4. The smallest absolute Gasteiger partial charge is 0.0628 e. The Labute approximate surface area is 158 Å². The molecule has 0 spiro atoms. The highest BCUT2D eigenvalue weighted by atomic mass is 16.3. The van der Waals surface area contributed by atoms with Crippen LogP contribution in [-0.2, 0) is 0 Å². The molecule has 1 fully saturated rings. The van der Waals surface area contributed by atoms with E-state index in [9.17, 15) is 5.11 Å². The van der Waals surface area contributed by atoms with Gasteiger partial charge in [-0.25, -0.2) is 0 Å². The van der Waals surface area contributed by atoms with E-state index in [0.717, 1.165) is 0 Å². The standard InChI is InChI=1S/C24H33NO/c1-3-4-14-21-15-10-17-23(22-16-9-8-11-19(22)2)25(21)24(18-26)20-12-6-5-7-13-20/h5-9,11-13,16,21,23-24,26H,3-4,10,14-15,17-18H2,1-2H3. The van der Waals surface area contributed by atoms with E-state index in [4.69, 9.17) is 0 Å². The predicted octanol–water partition coefficient (Wildman–Crippen LogP) is 5.81. The summed E-state index contributed by atoms with van der Waals surface area (Å²) >= 11 is 0. The number of nitrogens with zero attached hydrogens (tertiary/aromatic N) is 1. The molecule has 2 aromatic rings. The maximum absolute atomic E-state index is 10.4. The molecule has 0 aliphatic carbocycles. The van der Waals surface area contributed by atoms with E-state index in [-0.39, 0.29) is 12.6 Å². The molecule has 0 aromatic heterocycles. The molecule has 1 N–H and O–H groups in total. The van der Waals surface area contributed by atoms with Crippen molar-refractivity contribution in [3.05, 3.63) is 71.3 Å². The van der Waals surface area contributed by atoms with Crippen LogP contribution in [0.25, 0.3) is 0 Å². The summed E-state index contributed by atoms with van der Waals surface area (Å²) in [5.41, 5.74) is 4.03. The quantitative estimate of drug-likeness (QED) is 0.680. The lowest BCUT2D eigenvalue weighted by molar-refractivity contribution is 0.00465. The molecule has 1 heterocycles.